The lowest BCUT2D eigenvalue weighted by Gasteiger charge is -2.15. The van der Waals surface area contributed by atoms with Gasteiger partial charge in [-0.1, -0.05) is 0 Å². The van der Waals surface area contributed by atoms with E-state index in [-0.39, 0.29) is 17.5 Å². The van der Waals surface area contributed by atoms with Crippen molar-refractivity contribution in [3.63, 3.8) is 0 Å². The van der Waals surface area contributed by atoms with Crippen LogP contribution in [0.3, 0.4) is 0 Å². The molecule has 1 saturated carbocycles. The average Bonchev–Trinajstić information content (AvgIpc) is 3.16. The monoisotopic (exact) mass is 265 g/mol. The number of phenols is 2. The molecule has 0 aromatic heterocycles. The van der Waals surface area contributed by atoms with Crippen LogP contribution in [0.15, 0.2) is 18.2 Å². The van der Waals surface area contributed by atoms with Crippen molar-refractivity contribution in [2.24, 2.45) is 5.92 Å². The van der Waals surface area contributed by atoms with Gasteiger partial charge in [-0.05, 0) is 56.3 Å². The van der Waals surface area contributed by atoms with Crippen molar-refractivity contribution in [1.82, 2.24) is 5.32 Å². The van der Waals surface area contributed by atoms with Crippen LogP contribution < -0.4 is 5.32 Å². The van der Waals surface area contributed by atoms with Crippen LogP contribution in [0, 0.1) is 5.92 Å². The second-order valence-corrected chi connectivity index (χ2v) is 5.33. The molecule has 2 rings (SSSR count). The number of ether oxygens (including phenoxy) is 1. The highest BCUT2D eigenvalue weighted by Crippen LogP contribution is 2.28. The molecule has 3 N–H and O–H groups in total. The summed E-state index contributed by atoms with van der Waals surface area (Å²) in [6.07, 6.45) is 3.63. The summed E-state index contributed by atoms with van der Waals surface area (Å²) in [4.78, 5) is 0. The van der Waals surface area contributed by atoms with Gasteiger partial charge in [0.2, 0.25) is 0 Å². The molecule has 1 aliphatic carbocycles. The molecule has 0 saturated heterocycles. The van der Waals surface area contributed by atoms with Gasteiger partial charge in [-0.15, -0.1) is 0 Å². The third kappa shape index (κ3) is 5.09. The number of nitrogens with one attached hydrogen (secondary N) is 1. The maximum absolute atomic E-state index is 9.43. The van der Waals surface area contributed by atoms with Crippen LogP contribution in [0.4, 0.5) is 0 Å². The van der Waals surface area contributed by atoms with Gasteiger partial charge in [0.25, 0.3) is 0 Å². The molecule has 1 unspecified atom stereocenters. The predicted octanol–water partition coefficient (Wildman–Crippen LogP) is 2.57. The lowest BCUT2D eigenvalue weighted by atomic mass is 10.1. The molecule has 106 valence electrons. The van der Waals surface area contributed by atoms with Gasteiger partial charge in [0.15, 0.2) is 0 Å². The maximum atomic E-state index is 9.43. The molecule has 0 amide bonds. The fourth-order valence-electron chi connectivity index (χ4n) is 2.01. The topological polar surface area (TPSA) is 61.7 Å². The number of phenolic OH excluding ortho intramolecular Hbond substituents is 2. The Bertz CT molecular complexity index is 384. The highest BCUT2D eigenvalue weighted by molar-refractivity contribution is 5.37. The Balaban J connectivity index is 1.63. The van der Waals surface area contributed by atoms with E-state index in [4.69, 9.17) is 4.74 Å². The van der Waals surface area contributed by atoms with Crippen LogP contribution in [-0.4, -0.2) is 30.0 Å². The van der Waals surface area contributed by atoms with Crippen LogP contribution in [-0.2, 0) is 4.74 Å². The van der Waals surface area contributed by atoms with E-state index in [1.54, 1.807) is 12.1 Å². The Kier molecular flexibility index (Phi) is 5.05. The quantitative estimate of drug-likeness (QED) is 0.632. The summed E-state index contributed by atoms with van der Waals surface area (Å²) < 4.78 is 5.56. The third-order valence-electron chi connectivity index (χ3n) is 3.39. The highest BCUT2D eigenvalue weighted by atomic mass is 16.5. The Hall–Kier alpha value is -1.26. The van der Waals surface area contributed by atoms with Gasteiger partial charge in [-0.25, -0.2) is 0 Å². The zero-order chi connectivity index (χ0) is 13.7. The van der Waals surface area contributed by atoms with E-state index in [2.05, 4.69) is 5.32 Å². The molecule has 1 aromatic carbocycles. The minimum Gasteiger partial charge on any atom is -0.508 e. The van der Waals surface area contributed by atoms with E-state index < -0.39 is 0 Å². The summed E-state index contributed by atoms with van der Waals surface area (Å²) in [5.74, 6) is 1.01. The fraction of sp³-hybridized carbons (Fsp3) is 0.600. The first-order valence-corrected chi connectivity index (χ1v) is 6.99. The summed E-state index contributed by atoms with van der Waals surface area (Å²) in [7, 11) is 0. The summed E-state index contributed by atoms with van der Waals surface area (Å²) >= 11 is 0. The van der Waals surface area contributed by atoms with Crippen LogP contribution in [0.2, 0.25) is 0 Å². The number of benzene rings is 1. The Morgan fingerprint density at radius 1 is 1.26 bits per heavy atom. The second-order valence-electron chi connectivity index (χ2n) is 5.33. The Morgan fingerprint density at radius 3 is 2.58 bits per heavy atom. The van der Waals surface area contributed by atoms with Gasteiger partial charge in [0.05, 0.1) is 0 Å². The molecule has 0 heterocycles. The first kappa shape index (κ1) is 14.2. The van der Waals surface area contributed by atoms with E-state index >= 15 is 0 Å². The molecule has 19 heavy (non-hydrogen) atoms. The van der Waals surface area contributed by atoms with Crippen LogP contribution in [0.1, 0.15) is 37.8 Å². The molecule has 1 atom stereocenters. The number of rotatable bonds is 8. The van der Waals surface area contributed by atoms with Crippen molar-refractivity contribution in [1.29, 1.82) is 0 Å². The lowest BCUT2D eigenvalue weighted by molar-refractivity contribution is 0.121. The second kappa shape index (κ2) is 6.78. The Morgan fingerprint density at radius 2 is 1.95 bits per heavy atom. The maximum Gasteiger partial charge on any atom is 0.119 e. The van der Waals surface area contributed by atoms with Gasteiger partial charge in [0, 0.05) is 25.3 Å². The van der Waals surface area contributed by atoms with E-state index in [1.807, 2.05) is 6.92 Å². The molecular weight excluding hydrogens is 242 g/mol. The van der Waals surface area contributed by atoms with E-state index in [0.717, 1.165) is 37.7 Å². The van der Waals surface area contributed by atoms with Crippen LogP contribution in [0.25, 0.3) is 0 Å². The van der Waals surface area contributed by atoms with Crippen LogP contribution >= 0.6 is 0 Å². The summed E-state index contributed by atoms with van der Waals surface area (Å²) in [6, 6.07) is 4.77. The van der Waals surface area contributed by atoms with Crippen molar-refractivity contribution >= 4 is 0 Å². The van der Waals surface area contributed by atoms with Gasteiger partial charge in [0.1, 0.15) is 11.5 Å². The average molecular weight is 265 g/mol. The SMILES string of the molecule is CC(NCCCOCC1CC1)c1cc(O)cc(O)c1. The molecular formula is C15H23NO3. The summed E-state index contributed by atoms with van der Waals surface area (Å²) in [5.41, 5.74) is 0.886. The van der Waals surface area contributed by atoms with Crippen molar-refractivity contribution in [2.75, 3.05) is 19.8 Å². The molecule has 0 radical (unpaired) electrons. The third-order valence-corrected chi connectivity index (χ3v) is 3.39. The largest absolute Gasteiger partial charge is 0.508 e. The van der Waals surface area contributed by atoms with Gasteiger partial charge >= 0.3 is 0 Å². The van der Waals surface area contributed by atoms with Gasteiger partial charge in [-0.3, -0.25) is 0 Å². The van der Waals surface area contributed by atoms with Gasteiger partial charge < -0.3 is 20.3 Å². The first-order chi connectivity index (χ1) is 9.15. The van der Waals surface area contributed by atoms with E-state index in [0.29, 0.717) is 0 Å². The van der Waals surface area contributed by atoms with Crippen molar-refractivity contribution in [3.05, 3.63) is 23.8 Å². The lowest BCUT2D eigenvalue weighted by Crippen LogP contribution is -2.21. The first-order valence-electron chi connectivity index (χ1n) is 6.99. The summed E-state index contributed by atoms with van der Waals surface area (Å²) in [5, 5.41) is 22.2. The Labute approximate surface area is 114 Å². The number of hydrogen-bond donors (Lipinski definition) is 3. The minimum atomic E-state index is 0.0939. The zero-order valence-electron chi connectivity index (χ0n) is 11.4. The van der Waals surface area contributed by atoms with Crippen molar-refractivity contribution in [3.8, 4) is 11.5 Å². The predicted molar refractivity (Wildman–Crippen MR) is 74.3 cm³/mol. The molecule has 4 nitrogen and oxygen atoms in total. The normalized spacial score (nSPS) is 16.5. The molecule has 1 aliphatic rings. The zero-order valence-corrected chi connectivity index (χ0v) is 11.4. The smallest absolute Gasteiger partial charge is 0.119 e. The van der Waals surface area contributed by atoms with E-state index in [1.165, 1.54) is 18.9 Å². The van der Waals surface area contributed by atoms with Crippen molar-refractivity contribution in [2.45, 2.75) is 32.2 Å². The number of aromatic hydroxyl groups is 2. The molecule has 1 aromatic rings. The minimum absolute atomic E-state index is 0.0939. The fourth-order valence-corrected chi connectivity index (χ4v) is 2.01. The molecule has 0 aliphatic heterocycles. The number of hydrogen-bond acceptors (Lipinski definition) is 4. The summed E-state index contributed by atoms with van der Waals surface area (Å²) in [6.45, 7) is 4.58. The van der Waals surface area contributed by atoms with Gasteiger partial charge in [-0.2, -0.15) is 0 Å². The van der Waals surface area contributed by atoms with E-state index in [9.17, 15) is 10.2 Å². The standard InChI is InChI=1S/C15H23NO3/c1-11(13-7-14(17)9-15(18)8-13)16-5-2-6-19-10-12-3-4-12/h7-9,11-12,16-18H,2-6,10H2,1H3. The molecule has 0 spiro atoms. The van der Waals surface area contributed by atoms with Crippen molar-refractivity contribution < 1.29 is 14.9 Å². The molecule has 1 fully saturated rings. The molecule has 0 bridgehead atoms. The molecule has 4 heteroatoms. The van der Waals surface area contributed by atoms with Crippen LogP contribution in [0.5, 0.6) is 11.5 Å². The highest BCUT2D eigenvalue weighted by Gasteiger charge is 2.20.